The topological polar surface area (TPSA) is 51.0 Å². The molecule has 2 rings (SSSR count). The van der Waals surface area contributed by atoms with E-state index in [2.05, 4.69) is 20.3 Å². The SMILES string of the molecule is Cc1nonc1CNc1cc(F)cc(F)c1F. The molecule has 0 saturated heterocycles. The Morgan fingerprint density at radius 2 is 2.00 bits per heavy atom. The average Bonchev–Trinajstić information content (AvgIpc) is 2.67. The predicted octanol–water partition coefficient (Wildman–Crippen LogP) is 2.41. The first kappa shape index (κ1) is 11.4. The highest BCUT2D eigenvalue weighted by atomic mass is 19.2. The molecule has 90 valence electrons. The normalized spacial score (nSPS) is 10.6. The number of anilines is 1. The summed E-state index contributed by atoms with van der Waals surface area (Å²) in [7, 11) is 0. The van der Waals surface area contributed by atoms with Crippen molar-refractivity contribution in [2.45, 2.75) is 13.5 Å². The summed E-state index contributed by atoms with van der Waals surface area (Å²) in [6.07, 6.45) is 0. The lowest BCUT2D eigenvalue weighted by Crippen LogP contribution is -2.05. The van der Waals surface area contributed by atoms with E-state index in [1.165, 1.54) is 0 Å². The first-order valence-corrected chi connectivity index (χ1v) is 4.74. The molecule has 0 aliphatic heterocycles. The van der Waals surface area contributed by atoms with Gasteiger partial charge in [0.05, 0.1) is 12.2 Å². The van der Waals surface area contributed by atoms with Crippen LogP contribution in [-0.2, 0) is 6.54 Å². The summed E-state index contributed by atoms with van der Waals surface area (Å²) in [5.41, 5.74) is 0.689. The average molecular weight is 243 g/mol. The third-order valence-corrected chi connectivity index (χ3v) is 2.19. The van der Waals surface area contributed by atoms with Crippen molar-refractivity contribution in [2.75, 3.05) is 5.32 Å². The van der Waals surface area contributed by atoms with Crippen molar-refractivity contribution in [3.05, 3.63) is 41.0 Å². The maximum Gasteiger partial charge on any atom is 0.182 e. The van der Waals surface area contributed by atoms with Crippen LogP contribution in [0.3, 0.4) is 0 Å². The first-order valence-electron chi connectivity index (χ1n) is 4.74. The summed E-state index contributed by atoms with van der Waals surface area (Å²) in [6, 6.07) is 1.34. The van der Waals surface area contributed by atoms with Gasteiger partial charge in [-0.25, -0.2) is 17.8 Å². The van der Waals surface area contributed by atoms with E-state index < -0.39 is 17.5 Å². The van der Waals surface area contributed by atoms with E-state index in [-0.39, 0.29) is 12.2 Å². The van der Waals surface area contributed by atoms with Crippen molar-refractivity contribution in [3.63, 3.8) is 0 Å². The number of hydrogen-bond donors (Lipinski definition) is 1. The Bertz CT molecular complexity index is 542. The van der Waals surface area contributed by atoms with Gasteiger partial charge in [-0.2, -0.15) is 0 Å². The highest BCUT2D eigenvalue weighted by Crippen LogP contribution is 2.19. The maximum absolute atomic E-state index is 13.2. The monoisotopic (exact) mass is 243 g/mol. The zero-order valence-electron chi connectivity index (χ0n) is 8.80. The molecule has 7 heteroatoms. The lowest BCUT2D eigenvalue weighted by molar-refractivity contribution is 0.301. The van der Waals surface area contributed by atoms with Crippen LogP contribution in [0.4, 0.5) is 18.9 Å². The highest BCUT2D eigenvalue weighted by molar-refractivity contribution is 5.45. The number of nitrogens with zero attached hydrogens (tertiary/aromatic N) is 2. The second-order valence-electron chi connectivity index (χ2n) is 3.40. The largest absolute Gasteiger partial charge is 0.377 e. The predicted molar refractivity (Wildman–Crippen MR) is 52.7 cm³/mol. The van der Waals surface area contributed by atoms with Gasteiger partial charge in [-0.15, -0.1) is 0 Å². The molecule has 0 spiro atoms. The minimum atomic E-state index is -1.25. The van der Waals surface area contributed by atoms with Crippen molar-refractivity contribution < 1.29 is 17.8 Å². The molecule has 0 saturated carbocycles. The quantitative estimate of drug-likeness (QED) is 0.841. The molecule has 0 fully saturated rings. The van der Waals surface area contributed by atoms with Gasteiger partial charge >= 0.3 is 0 Å². The summed E-state index contributed by atoms with van der Waals surface area (Å²) in [5, 5.41) is 9.59. The summed E-state index contributed by atoms with van der Waals surface area (Å²) in [5.74, 6) is -3.25. The lowest BCUT2D eigenvalue weighted by atomic mass is 10.2. The third kappa shape index (κ3) is 2.38. The van der Waals surface area contributed by atoms with Gasteiger partial charge < -0.3 is 5.32 Å². The number of hydrogen-bond acceptors (Lipinski definition) is 4. The van der Waals surface area contributed by atoms with E-state index in [4.69, 9.17) is 0 Å². The van der Waals surface area contributed by atoms with Gasteiger partial charge in [0.25, 0.3) is 0 Å². The van der Waals surface area contributed by atoms with Gasteiger partial charge in [0, 0.05) is 12.1 Å². The molecular weight excluding hydrogens is 235 g/mol. The molecule has 17 heavy (non-hydrogen) atoms. The molecular formula is C10H8F3N3O. The molecule has 0 aliphatic carbocycles. The van der Waals surface area contributed by atoms with Crippen LogP contribution in [0.25, 0.3) is 0 Å². The number of aromatic nitrogens is 2. The van der Waals surface area contributed by atoms with E-state index >= 15 is 0 Å². The van der Waals surface area contributed by atoms with Crippen molar-refractivity contribution in [1.29, 1.82) is 0 Å². The second kappa shape index (κ2) is 4.44. The Morgan fingerprint density at radius 1 is 1.24 bits per heavy atom. The summed E-state index contributed by atoms with van der Waals surface area (Å²) in [4.78, 5) is 0. The molecule has 0 atom stereocenters. The number of halogens is 3. The van der Waals surface area contributed by atoms with Crippen molar-refractivity contribution >= 4 is 5.69 Å². The Labute approximate surface area is 94.4 Å². The van der Waals surface area contributed by atoms with Crippen molar-refractivity contribution in [3.8, 4) is 0 Å². The summed E-state index contributed by atoms with van der Waals surface area (Å²) >= 11 is 0. The van der Waals surface area contributed by atoms with Gasteiger partial charge in [-0.3, -0.25) is 0 Å². The molecule has 4 nitrogen and oxygen atoms in total. The fourth-order valence-electron chi connectivity index (χ4n) is 1.27. The Hall–Kier alpha value is -2.05. The second-order valence-corrected chi connectivity index (χ2v) is 3.40. The van der Waals surface area contributed by atoms with E-state index in [0.29, 0.717) is 17.5 Å². The minimum Gasteiger partial charge on any atom is -0.377 e. The summed E-state index contributed by atoms with van der Waals surface area (Å²) < 4.78 is 43.4. The van der Waals surface area contributed by atoms with Gasteiger partial charge in [-0.1, -0.05) is 10.3 Å². The van der Waals surface area contributed by atoms with Crippen LogP contribution in [0, 0.1) is 24.4 Å². The fraction of sp³-hybridized carbons (Fsp3) is 0.200. The molecule has 0 amide bonds. The molecule has 1 aromatic carbocycles. The number of aryl methyl sites for hydroxylation is 1. The lowest BCUT2D eigenvalue weighted by Gasteiger charge is -2.06. The van der Waals surface area contributed by atoms with Gasteiger partial charge in [0.2, 0.25) is 0 Å². The number of rotatable bonds is 3. The maximum atomic E-state index is 13.2. The summed E-state index contributed by atoms with van der Waals surface area (Å²) in [6.45, 7) is 1.71. The fourth-order valence-corrected chi connectivity index (χ4v) is 1.27. The van der Waals surface area contributed by atoms with Crippen LogP contribution >= 0.6 is 0 Å². The molecule has 2 aromatic rings. The van der Waals surface area contributed by atoms with Crippen LogP contribution in [0.5, 0.6) is 0 Å². The smallest absolute Gasteiger partial charge is 0.182 e. The Kier molecular flexibility index (Phi) is 2.99. The third-order valence-electron chi connectivity index (χ3n) is 2.19. The van der Waals surface area contributed by atoms with Crippen molar-refractivity contribution in [1.82, 2.24) is 10.3 Å². The Morgan fingerprint density at radius 3 is 2.65 bits per heavy atom. The molecule has 1 N–H and O–H groups in total. The molecule has 1 aromatic heterocycles. The van der Waals surface area contributed by atoms with E-state index in [1.54, 1.807) is 6.92 Å². The van der Waals surface area contributed by atoms with Crippen LogP contribution in [0.1, 0.15) is 11.4 Å². The standard InChI is InChI=1S/C10H8F3N3O/c1-5-9(16-17-15-5)4-14-8-3-6(11)2-7(12)10(8)13/h2-3,14H,4H2,1H3. The van der Waals surface area contributed by atoms with E-state index in [1.807, 2.05) is 0 Å². The Balaban J connectivity index is 2.17. The van der Waals surface area contributed by atoms with Crippen LogP contribution in [-0.4, -0.2) is 10.3 Å². The molecule has 0 bridgehead atoms. The first-order chi connectivity index (χ1) is 8.08. The van der Waals surface area contributed by atoms with Gasteiger partial charge in [0.1, 0.15) is 17.2 Å². The minimum absolute atomic E-state index is 0.0646. The van der Waals surface area contributed by atoms with Gasteiger partial charge in [-0.05, 0) is 6.92 Å². The highest BCUT2D eigenvalue weighted by Gasteiger charge is 2.12. The zero-order chi connectivity index (χ0) is 12.4. The van der Waals surface area contributed by atoms with E-state index in [0.717, 1.165) is 6.07 Å². The molecule has 0 aliphatic rings. The van der Waals surface area contributed by atoms with Crippen LogP contribution in [0.2, 0.25) is 0 Å². The molecule has 0 unspecified atom stereocenters. The zero-order valence-corrected chi connectivity index (χ0v) is 8.80. The van der Waals surface area contributed by atoms with Crippen LogP contribution in [0.15, 0.2) is 16.8 Å². The van der Waals surface area contributed by atoms with E-state index in [9.17, 15) is 13.2 Å². The number of benzene rings is 1. The van der Waals surface area contributed by atoms with Crippen molar-refractivity contribution in [2.24, 2.45) is 0 Å². The van der Waals surface area contributed by atoms with Crippen LogP contribution < -0.4 is 5.32 Å². The van der Waals surface area contributed by atoms with Gasteiger partial charge in [0.15, 0.2) is 11.6 Å². The molecule has 1 heterocycles. The number of nitrogens with one attached hydrogen (secondary N) is 1. The molecule has 0 radical (unpaired) electrons.